The Morgan fingerprint density at radius 3 is 1.71 bits per heavy atom. The van der Waals surface area contributed by atoms with Crippen LogP contribution < -0.4 is 0 Å². The van der Waals surface area contributed by atoms with E-state index in [1.54, 1.807) is 0 Å². The van der Waals surface area contributed by atoms with Crippen LogP contribution in [0.5, 0.6) is 0 Å². The summed E-state index contributed by atoms with van der Waals surface area (Å²) < 4.78 is 0. The summed E-state index contributed by atoms with van der Waals surface area (Å²) in [5, 5.41) is 13.6. The Bertz CT molecular complexity index is 48.3. The van der Waals surface area contributed by atoms with Gasteiger partial charge in [0.1, 0.15) is 0 Å². The fraction of sp³-hybridized carbons (Fsp3) is 0. The van der Waals surface area contributed by atoms with E-state index in [1.807, 2.05) is 0 Å². The minimum atomic E-state index is -1.50. The predicted octanol–water partition coefficient (Wildman–Crippen LogP) is -0.662. The summed E-state index contributed by atoms with van der Waals surface area (Å²) in [6.45, 7) is 0. The molecule has 0 saturated carbocycles. The largest absolute Gasteiger partial charge is 2.00 e. The second-order valence-electron chi connectivity index (χ2n) is 0.238. The predicted molar refractivity (Wildman–Crippen MR) is 24.7 cm³/mol. The summed E-state index contributed by atoms with van der Waals surface area (Å²) in [4.78, 5) is 8.36. The number of hydrogen-bond donors (Lipinski definition) is 1. The number of hydrogen-bond acceptors (Lipinski definition) is 2. The second-order valence-corrected chi connectivity index (χ2v) is 0.238. The first-order chi connectivity index (χ1) is 1.73. The van der Waals surface area contributed by atoms with Crippen molar-refractivity contribution < 1.29 is 42.2 Å². The molecule has 0 aromatic rings. The van der Waals surface area contributed by atoms with E-state index in [-0.39, 0.29) is 92.7 Å². The van der Waals surface area contributed by atoms with Gasteiger partial charge in [-0.15, -0.1) is 10.1 Å². The molecule has 7 heavy (non-hydrogen) atoms. The van der Waals surface area contributed by atoms with Gasteiger partial charge in [-0.05, 0) is 0 Å². The van der Waals surface area contributed by atoms with Gasteiger partial charge in [0.15, 0.2) is 0 Å². The van der Waals surface area contributed by atoms with Crippen molar-refractivity contribution in [3.05, 3.63) is 10.1 Å². The van der Waals surface area contributed by atoms with Crippen molar-refractivity contribution in [1.82, 2.24) is 0 Å². The molecule has 0 amide bonds. The Balaban J connectivity index is -0.00000000214. The zero-order valence-corrected chi connectivity index (χ0v) is 9.71. The van der Waals surface area contributed by atoms with Gasteiger partial charge in [-0.25, -0.2) is 0 Å². The Hall–Kier alpha value is 2.11. The maximum atomic E-state index is 8.36. The van der Waals surface area contributed by atoms with Crippen LogP contribution in [0.1, 0.15) is 5.71 Å². The van der Waals surface area contributed by atoms with Gasteiger partial charge in [0, 0.05) is 26.2 Å². The SMILES string of the molecule is O=[N+]([O-])O.[Ca+2].[H-].[H-].[H-].[H-].[Mg+2].[Zr]. The van der Waals surface area contributed by atoms with Crippen LogP contribution in [0.2, 0.25) is 0 Å². The Morgan fingerprint density at radius 2 is 1.71 bits per heavy atom. The van der Waals surface area contributed by atoms with E-state index >= 15 is 0 Å². The molecule has 0 heterocycles. The van der Waals surface area contributed by atoms with Crippen LogP contribution in [-0.2, 0) is 26.2 Å². The molecule has 0 aliphatic rings. The van der Waals surface area contributed by atoms with Gasteiger partial charge in [0.25, 0.3) is 5.09 Å². The molecule has 0 aliphatic heterocycles. The summed E-state index contributed by atoms with van der Waals surface area (Å²) >= 11 is 0. The molecule has 0 rings (SSSR count). The number of rotatable bonds is 0. The van der Waals surface area contributed by atoms with Gasteiger partial charge >= 0.3 is 60.8 Å². The van der Waals surface area contributed by atoms with E-state index in [1.165, 1.54) is 0 Å². The van der Waals surface area contributed by atoms with Gasteiger partial charge in [-0.2, -0.15) is 0 Å². The first-order valence-electron chi connectivity index (χ1n) is 0.565. The zero-order chi connectivity index (χ0) is 3.58. The van der Waals surface area contributed by atoms with E-state index in [0.29, 0.717) is 0 Å². The van der Waals surface area contributed by atoms with Crippen molar-refractivity contribution in [2.24, 2.45) is 0 Å². The molecule has 0 aromatic carbocycles. The van der Waals surface area contributed by atoms with Crippen molar-refractivity contribution in [2.45, 2.75) is 0 Å². The van der Waals surface area contributed by atoms with Crippen molar-refractivity contribution in [1.29, 1.82) is 0 Å². The molecule has 0 fully saturated rings. The third-order valence-corrected chi connectivity index (χ3v) is 0. The molecule has 36 valence electrons. The molecule has 0 bridgehead atoms. The third kappa shape index (κ3) is 68.0. The monoisotopic (exact) mass is 221 g/mol. The fourth-order valence-corrected chi connectivity index (χ4v) is 0. The molecule has 0 aromatic heterocycles. The summed E-state index contributed by atoms with van der Waals surface area (Å²) in [6, 6.07) is 0. The van der Waals surface area contributed by atoms with Gasteiger partial charge in [0.2, 0.25) is 0 Å². The summed E-state index contributed by atoms with van der Waals surface area (Å²) in [6.07, 6.45) is 0. The molecule has 0 radical (unpaired) electrons. The van der Waals surface area contributed by atoms with Crippen molar-refractivity contribution in [3.8, 4) is 0 Å². The minimum Gasteiger partial charge on any atom is -1.00 e. The van der Waals surface area contributed by atoms with E-state index in [9.17, 15) is 0 Å². The Morgan fingerprint density at radius 1 is 1.71 bits per heavy atom. The van der Waals surface area contributed by atoms with Crippen LogP contribution in [0.25, 0.3) is 0 Å². The van der Waals surface area contributed by atoms with Crippen molar-refractivity contribution in [2.75, 3.05) is 0 Å². The fourth-order valence-electron chi connectivity index (χ4n) is 0. The summed E-state index contributed by atoms with van der Waals surface area (Å²) in [7, 11) is 0. The second kappa shape index (κ2) is 15.7. The summed E-state index contributed by atoms with van der Waals surface area (Å²) in [5.74, 6) is 0. The molecule has 4 nitrogen and oxygen atoms in total. The van der Waals surface area contributed by atoms with E-state index in [4.69, 9.17) is 15.3 Å². The molecular weight excluding hydrogens is 218 g/mol. The molecule has 1 N–H and O–H groups in total. The van der Waals surface area contributed by atoms with Crippen LogP contribution in [-0.4, -0.2) is 71.1 Å². The summed E-state index contributed by atoms with van der Waals surface area (Å²) in [5.41, 5.74) is 0. The molecule has 0 aliphatic carbocycles. The molecule has 0 unspecified atom stereocenters. The molecule has 7 heteroatoms. The maximum Gasteiger partial charge on any atom is 2.00 e. The van der Waals surface area contributed by atoms with Gasteiger partial charge in [-0.3, -0.25) is 0 Å². The Kier molecular flexibility index (Phi) is 51.5. The molecular formula is H5CaMgNO3Zr. The van der Waals surface area contributed by atoms with Crippen LogP contribution in [0, 0.1) is 10.1 Å². The van der Waals surface area contributed by atoms with Crippen molar-refractivity contribution >= 4 is 60.8 Å². The molecule has 0 saturated heterocycles. The van der Waals surface area contributed by atoms with Crippen LogP contribution in [0.3, 0.4) is 0 Å². The van der Waals surface area contributed by atoms with Crippen LogP contribution >= 0.6 is 0 Å². The minimum absolute atomic E-state index is 0. The third-order valence-electron chi connectivity index (χ3n) is 0. The van der Waals surface area contributed by atoms with E-state index in [0.717, 1.165) is 0 Å². The molecule has 0 spiro atoms. The van der Waals surface area contributed by atoms with Gasteiger partial charge in [-0.1, -0.05) is 0 Å². The molecule has 0 atom stereocenters. The standard InChI is InChI=1S/Ca.Mg.HNO3.Zr.4H/c;;2-1(3)4;;;;;/h;;(H,2,3,4);;;;;/q2*+2;;;4*-1. The van der Waals surface area contributed by atoms with Gasteiger partial charge < -0.3 is 10.9 Å². The topological polar surface area (TPSA) is 63.4 Å². The normalized spacial score (nSPS) is 3.43. The van der Waals surface area contributed by atoms with Crippen LogP contribution in [0.4, 0.5) is 0 Å². The average Bonchev–Trinajstić information content (AvgIpc) is 0.811. The van der Waals surface area contributed by atoms with Crippen molar-refractivity contribution in [3.63, 3.8) is 0 Å². The first-order valence-corrected chi connectivity index (χ1v) is 0.565. The number of nitrogens with zero attached hydrogens (tertiary/aromatic N) is 1. The maximum absolute atomic E-state index is 8.36. The van der Waals surface area contributed by atoms with E-state index in [2.05, 4.69) is 0 Å². The van der Waals surface area contributed by atoms with Crippen LogP contribution in [0.15, 0.2) is 0 Å². The quantitative estimate of drug-likeness (QED) is 0.336. The smallest absolute Gasteiger partial charge is 1.00 e. The Labute approximate surface area is 111 Å². The average molecular weight is 223 g/mol. The zero-order valence-electron chi connectivity index (χ0n) is 7.63. The first kappa shape index (κ1) is 22.9. The van der Waals surface area contributed by atoms with Gasteiger partial charge in [0.05, 0.1) is 0 Å². The van der Waals surface area contributed by atoms with E-state index < -0.39 is 5.09 Å².